The molecule has 0 spiro atoms. The van der Waals surface area contributed by atoms with Crippen LogP contribution in [0.5, 0.6) is 0 Å². The van der Waals surface area contributed by atoms with Gasteiger partial charge in [-0.05, 0) is 35.8 Å². The van der Waals surface area contributed by atoms with E-state index in [0.29, 0.717) is 5.92 Å². The third-order valence-corrected chi connectivity index (χ3v) is 5.94. The Morgan fingerprint density at radius 1 is 0.971 bits per heavy atom. The van der Waals surface area contributed by atoms with E-state index in [1.165, 1.54) is 16.3 Å². The average Bonchev–Trinajstić information content (AvgIpc) is 3.30. The molecule has 1 aliphatic carbocycles. The van der Waals surface area contributed by atoms with Gasteiger partial charge in [-0.25, -0.2) is 0 Å². The summed E-state index contributed by atoms with van der Waals surface area (Å²) < 4.78 is 0. The zero-order valence-electron chi connectivity index (χ0n) is 19.0. The van der Waals surface area contributed by atoms with Crippen molar-refractivity contribution in [3.63, 3.8) is 0 Å². The van der Waals surface area contributed by atoms with Crippen molar-refractivity contribution in [2.24, 2.45) is 20.9 Å². The molecular formula is C28H25Cl2FeN3. The number of allylic oxidation sites excluding steroid dienone is 6. The number of benzene rings is 3. The van der Waals surface area contributed by atoms with E-state index in [2.05, 4.69) is 86.7 Å². The van der Waals surface area contributed by atoms with E-state index in [4.69, 9.17) is 35.2 Å². The van der Waals surface area contributed by atoms with Gasteiger partial charge >= 0.3 is 33.3 Å². The summed E-state index contributed by atoms with van der Waals surface area (Å²) in [4.78, 5) is 14.4. The summed E-state index contributed by atoms with van der Waals surface area (Å²) in [5.41, 5.74) is 5.26. The molecule has 0 N–H and O–H groups in total. The van der Waals surface area contributed by atoms with Gasteiger partial charge in [-0.15, -0.1) is 0 Å². The van der Waals surface area contributed by atoms with Gasteiger partial charge in [0.1, 0.15) is 0 Å². The number of rotatable bonds is 4. The molecule has 174 valence electrons. The Morgan fingerprint density at radius 2 is 1.62 bits per heavy atom. The third-order valence-electron chi connectivity index (χ3n) is 5.94. The van der Waals surface area contributed by atoms with Crippen LogP contribution in [-0.4, -0.2) is 18.1 Å². The van der Waals surface area contributed by atoms with Gasteiger partial charge in [0.2, 0.25) is 0 Å². The topological polar surface area (TPSA) is 37.1 Å². The van der Waals surface area contributed by atoms with Crippen LogP contribution in [0.1, 0.15) is 26.7 Å². The first-order valence-corrected chi connectivity index (χ1v) is 14.1. The van der Waals surface area contributed by atoms with E-state index in [9.17, 15) is 0 Å². The molecule has 0 fully saturated rings. The molecule has 0 radical (unpaired) electrons. The maximum atomic E-state index is 4.90. The second-order valence-corrected chi connectivity index (χ2v) is 10.1. The normalized spacial score (nSPS) is 18.2. The molecule has 0 saturated heterocycles. The summed E-state index contributed by atoms with van der Waals surface area (Å²) in [7, 11) is 9.53. The predicted octanol–water partition coefficient (Wildman–Crippen LogP) is 8.74. The predicted molar refractivity (Wildman–Crippen MR) is 146 cm³/mol. The fraction of sp³-hybridized carbons (Fsp3) is 0.179. The molecule has 3 aromatic carbocycles. The molecule has 0 saturated carbocycles. The molecule has 1 unspecified atom stereocenters. The van der Waals surface area contributed by atoms with Crippen molar-refractivity contribution in [2.45, 2.75) is 26.7 Å². The van der Waals surface area contributed by atoms with Crippen LogP contribution in [0.3, 0.4) is 0 Å². The fourth-order valence-electron chi connectivity index (χ4n) is 4.30. The summed E-state index contributed by atoms with van der Waals surface area (Å²) in [6, 6.07) is 19.1. The summed E-state index contributed by atoms with van der Waals surface area (Å²) in [5, 5.41) is 4.72. The van der Waals surface area contributed by atoms with E-state index in [-0.39, 0.29) is 13.1 Å². The molecule has 5 rings (SSSR count). The van der Waals surface area contributed by atoms with Crippen molar-refractivity contribution in [1.82, 2.24) is 0 Å². The Kier molecular flexibility index (Phi) is 8.53. The SMILES string of the molecule is CC1=C(N=CC2=CCC(C=Nc3c4ccccc4cc4ccccc34)=N2)C(C)CC=C1.[Cl][Fe][Cl]. The van der Waals surface area contributed by atoms with Crippen LogP contribution in [0.25, 0.3) is 21.5 Å². The van der Waals surface area contributed by atoms with Crippen molar-refractivity contribution in [3.05, 3.63) is 89.8 Å². The molecule has 0 bridgehead atoms. The monoisotopic (exact) mass is 529 g/mol. The van der Waals surface area contributed by atoms with Crippen LogP contribution < -0.4 is 0 Å². The molecule has 1 atom stereocenters. The van der Waals surface area contributed by atoms with Crippen LogP contribution in [0.2, 0.25) is 0 Å². The molecule has 3 aromatic rings. The van der Waals surface area contributed by atoms with E-state index >= 15 is 0 Å². The van der Waals surface area contributed by atoms with Crippen molar-refractivity contribution < 1.29 is 13.1 Å². The van der Waals surface area contributed by atoms with Gasteiger partial charge in [0.25, 0.3) is 0 Å². The minimum absolute atomic E-state index is 0.194. The van der Waals surface area contributed by atoms with Gasteiger partial charge in [-0.1, -0.05) is 73.7 Å². The van der Waals surface area contributed by atoms with Crippen molar-refractivity contribution >= 4 is 65.6 Å². The number of fused-ring (bicyclic) bond motifs is 2. The third kappa shape index (κ3) is 5.76. The Labute approximate surface area is 215 Å². The zero-order valence-corrected chi connectivity index (χ0v) is 21.6. The molecule has 0 amide bonds. The Hall–Kier alpha value is -2.49. The Bertz CT molecular complexity index is 1330. The molecule has 1 aliphatic heterocycles. The second-order valence-electron chi connectivity index (χ2n) is 8.28. The van der Waals surface area contributed by atoms with Crippen LogP contribution in [-0.2, 0) is 13.1 Å². The molecule has 3 nitrogen and oxygen atoms in total. The maximum absolute atomic E-state index is 4.90. The number of halogens is 2. The van der Waals surface area contributed by atoms with Crippen LogP contribution in [0, 0.1) is 5.92 Å². The number of hydrogen-bond acceptors (Lipinski definition) is 3. The standard InChI is InChI=1S/C28H25N3.2ClH.Fe/c1-19-8-7-9-20(2)27(19)29-17-23-14-15-24(31-23)18-30-28-25-12-5-3-10-21(25)16-22-11-4-6-13-26(22)28;;;/h3-8,10-14,16-18,20H,9,15H2,1-2H3;2*1H;/q;;;+2/p-2. The second kappa shape index (κ2) is 11.8. The number of hydrogen-bond donors (Lipinski definition) is 0. The first-order chi connectivity index (χ1) is 16.6. The zero-order chi connectivity index (χ0) is 23.9. The van der Waals surface area contributed by atoms with Gasteiger partial charge in [-0.3, -0.25) is 15.0 Å². The van der Waals surface area contributed by atoms with Gasteiger partial charge in [0, 0.05) is 35.0 Å². The quantitative estimate of drug-likeness (QED) is 0.184. The number of aliphatic imine (C=N–C) groups is 3. The summed E-state index contributed by atoms with van der Waals surface area (Å²) in [5.74, 6) is 0.452. The Balaban J connectivity index is 0.000000868. The van der Waals surface area contributed by atoms with E-state index in [1.807, 2.05) is 12.4 Å². The van der Waals surface area contributed by atoms with Gasteiger partial charge in [-0.2, -0.15) is 0 Å². The minimum atomic E-state index is 0.194. The summed E-state index contributed by atoms with van der Waals surface area (Å²) in [6.45, 7) is 4.34. The van der Waals surface area contributed by atoms with Crippen LogP contribution >= 0.6 is 20.2 Å². The molecule has 34 heavy (non-hydrogen) atoms. The van der Waals surface area contributed by atoms with E-state index in [0.717, 1.165) is 46.4 Å². The van der Waals surface area contributed by atoms with E-state index < -0.39 is 0 Å². The van der Waals surface area contributed by atoms with Crippen molar-refractivity contribution in [1.29, 1.82) is 0 Å². The first kappa shape index (κ1) is 24.6. The summed E-state index contributed by atoms with van der Waals surface area (Å²) >= 11 is 0.194. The van der Waals surface area contributed by atoms with Crippen molar-refractivity contribution in [3.8, 4) is 0 Å². The van der Waals surface area contributed by atoms with E-state index in [1.54, 1.807) is 0 Å². The van der Waals surface area contributed by atoms with Gasteiger partial charge in [0.05, 0.1) is 23.3 Å². The van der Waals surface area contributed by atoms with Crippen LogP contribution in [0.15, 0.2) is 105 Å². The van der Waals surface area contributed by atoms with Crippen molar-refractivity contribution in [2.75, 3.05) is 0 Å². The summed E-state index contributed by atoms with van der Waals surface area (Å²) in [6.07, 6.45) is 12.1. The molecule has 6 heteroatoms. The first-order valence-electron chi connectivity index (χ1n) is 11.1. The molecular weight excluding hydrogens is 505 g/mol. The molecule has 1 heterocycles. The molecule has 2 aliphatic rings. The number of nitrogens with zero attached hydrogens (tertiary/aromatic N) is 3. The molecule has 0 aromatic heterocycles. The van der Waals surface area contributed by atoms with Crippen LogP contribution in [0.4, 0.5) is 5.69 Å². The van der Waals surface area contributed by atoms with Gasteiger partial charge in [0.15, 0.2) is 0 Å². The Morgan fingerprint density at radius 3 is 2.26 bits per heavy atom. The van der Waals surface area contributed by atoms with Gasteiger partial charge < -0.3 is 0 Å². The fourth-order valence-corrected chi connectivity index (χ4v) is 4.30. The average molecular weight is 530 g/mol.